The first-order valence-electron chi connectivity index (χ1n) is 9.28. The maximum absolute atomic E-state index is 10.3. The summed E-state index contributed by atoms with van der Waals surface area (Å²) in [5.41, 5.74) is 3.00. The fraction of sp³-hybridized carbons (Fsp3) is 0.632. The van der Waals surface area contributed by atoms with Gasteiger partial charge in [-0.15, -0.1) is 0 Å². The third kappa shape index (κ3) is 4.41. The molecule has 5 nitrogen and oxygen atoms in total. The molecule has 2 aliphatic carbocycles. The van der Waals surface area contributed by atoms with Gasteiger partial charge in [-0.3, -0.25) is 5.41 Å². The fourth-order valence-electron chi connectivity index (χ4n) is 3.85. The summed E-state index contributed by atoms with van der Waals surface area (Å²) in [5.74, 6) is 0.265. The molecule has 1 aromatic rings. The van der Waals surface area contributed by atoms with Crippen LogP contribution in [-0.4, -0.2) is 23.0 Å². The van der Waals surface area contributed by atoms with E-state index in [1.165, 1.54) is 51.4 Å². The molecule has 3 rings (SSSR count). The maximum Gasteiger partial charge on any atom is 0.151 e. The summed E-state index contributed by atoms with van der Waals surface area (Å²) in [6.45, 7) is 1.64. The van der Waals surface area contributed by atoms with E-state index in [0.29, 0.717) is 12.1 Å². The van der Waals surface area contributed by atoms with E-state index in [4.69, 9.17) is 5.41 Å². The molecule has 0 spiro atoms. The highest BCUT2D eigenvalue weighted by Crippen LogP contribution is 2.32. The van der Waals surface area contributed by atoms with Crippen molar-refractivity contribution < 1.29 is 5.11 Å². The fourth-order valence-corrected chi connectivity index (χ4v) is 3.85. The zero-order valence-electron chi connectivity index (χ0n) is 14.6. The largest absolute Gasteiger partial charge is 0.381 e. The van der Waals surface area contributed by atoms with E-state index in [1.807, 2.05) is 12.1 Å². The van der Waals surface area contributed by atoms with E-state index in [9.17, 15) is 5.11 Å². The maximum atomic E-state index is 10.3. The molecule has 132 valence electrons. The van der Waals surface area contributed by atoms with Crippen LogP contribution >= 0.6 is 0 Å². The Morgan fingerprint density at radius 2 is 1.54 bits per heavy atom. The third-order valence-electron chi connectivity index (χ3n) is 5.14. The van der Waals surface area contributed by atoms with Crippen molar-refractivity contribution in [3.63, 3.8) is 0 Å². The van der Waals surface area contributed by atoms with E-state index < -0.39 is 6.23 Å². The Bertz CT molecular complexity index is 562. The van der Waals surface area contributed by atoms with Gasteiger partial charge in [-0.25, -0.2) is 0 Å². The molecule has 2 fully saturated rings. The minimum absolute atomic E-state index is 0.265. The summed E-state index contributed by atoms with van der Waals surface area (Å²) >= 11 is 0. The Kier molecular flexibility index (Phi) is 5.61. The molecule has 1 aromatic carbocycles. The number of benzene rings is 1. The number of nitrogens with one attached hydrogen (secondary N) is 4. The summed E-state index contributed by atoms with van der Waals surface area (Å²) in [6, 6.07) is 7.12. The highest BCUT2D eigenvalue weighted by molar-refractivity contribution is 5.76. The first kappa shape index (κ1) is 17.1. The van der Waals surface area contributed by atoms with Gasteiger partial charge in [-0.2, -0.15) is 0 Å². The lowest BCUT2D eigenvalue weighted by molar-refractivity contribution is 0.162. The van der Waals surface area contributed by atoms with Gasteiger partial charge in [0.1, 0.15) is 0 Å². The highest BCUT2D eigenvalue weighted by atomic mass is 16.3. The van der Waals surface area contributed by atoms with Crippen molar-refractivity contribution in [3.05, 3.63) is 23.8 Å². The second-order valence-electron chi connectivity index (χ2n) is 7.23. The highest BCUT2D eigenvalue weighted by Gasteiger charge is 2.20. The van der Waals surface area contributed by atoms with Crippen molar-refractivity contribution in [1.29, 1.82) is 5.41 Å². The lowest BCUT2D eigenvalue weighted by Crippen LogP contribution is -2.25. The molecule has 0 radical (unpaired) electrons. The number of aliphatic hydroxyl groups excluding tert-OH is 1. The summed E-state index contributed by atoms with van der Waals surface area (Å²) in [4.78, 5) is 0. The van der Waals surface area contributed by atoms with Gasteiger partial charge in [0.25, 0.3) is 0 Å². The molecule has 2 saturated carbocycles. The van der Waals surface area contributed by atoms with Gasteiger partial charge in [0.2, 0.25) is 0 Å². The minimum atomic E-state index is -0.841. The van der Waals surface area contributed by atoms with Crippen molar-refractivity contribution in [2.75, 3.05) is 10.6 Å². The Labute approximate surface area is 144 Å². The number of hydrogen-bond donors (Lipinski definition) is 5. The van der Waals surface area contributed by atoms with E-state index in [1.54, 1.807) is 6.92 Å². The van der Waals surface area contributed by atoms with Crippen LogP contribution in [0.25, 0.3) is 0 Å². The topological polar surface area (TPSA) is 80.2 Å². The molecule has 0 aromatic heterocycles. The van der Waals surface area contributed by atoms with Gasteiger partial charge in [0.15, 0.2) is 6.23 Å². The second kappa shape index (κ2) is 7.88. The molecular weight excluding hydrogens is 300 g/mol. The number of aliphatic hydroxyl groups is 1. The zero-order valence-corrected chi connectivity index (χ0v) is 14.6. The van der Waals surface area contributed by atoms with E-state index >= 15 is 0 Å². The molecule has 0 heterocycles. The molecule has 0 bridgehead atoms. The quantitative estimate of drug-likeness (QED) is 0.310. The van der Waals surface area contributed by atoms with Gasteiger partial charge in [0, 0.05) is 17.6 Å². The smallest absolute Gasteiger partial charge is 0.151 e. The number of rotatable bonds is 6. The molecule has 1 unspecified atom stereocenters. The first-order chi connectivity index (χ1) is 11.6. The number of anilines is 2. The van der Waals surface area contributed by atoms with Crippen LogP contribution in [0.3, 0.4) is 0 Å². The molecule has 24 heavy (non-hydrogen) atoms. The SMILES string of the molecule is CC(=N)NC(O)c1ccc(NC2CCCC2)c(NC2CCCC2)c1. The van der Waals surface area contributed by atoms with E-state index in [0.717, 1.165) is 16.9 Å². The number of amidine groups is 1. The van der Waals surface area contributed by atoms with Gasteiger partial charge in [-0.05, 0) is 44.7 Å². The van der Waals surface area contributed by atoms with E-state index in [2.05, 4.69) is 22.0 Å². The molecule has 5 heteroatoms. The summed E-state index contributed by atoms with van der Waals surface area (Å²) in [6.07, 6.45) is 9.27. The lowest BCUT2D eigenvalue weighted by Gasteiger charge is -2.23. The van der Waals surface area contributed by atoms with Crippen molar-refractivity contribution >= 4 is 17.2 Å². The van der Waals surface area contributed by atoms with Crippen molar-refractivity contribution in [3.8, 4) is 0 Å². The van der Waals surface area contributed by atoms with Crippen LogP contribution < -0.4 is 16.0 Å². The standard InChI is InChI=1S/C19H30N4O/c1-13(20)21-19(24)14-10-11-17(22-15-6-2-3-7-15)18(12-14)23-16-8-4-5-9-16/h10-12,15-16,19,22-24H,2-9H2,1H3,(H2,20,21). The van der Waals surface area contributed by atoms with Gasteiger partial charge in [0.05, 0.1) is 17.2 Å². The van der Waals surface area contributed by atoms with Crippen LogP contribution in [0.15, 0.2) is 18.2 Å². The van der Waals surface area contributed by atoms with Gasteiger partial charge < -0.3 is 21.1 Å². The average molecular weight is 330 g/mol. The Morgan fingerprint density at radius 3 is 2.08 bits per heavy atom. The van der Waals surface area contributed by atoms with Crippen LogP contribution in [0, 0.1) is 5.41 Å². The molecule has 2 aliphatic rings. The minimum Gasteiger partial charge on any atom is -0.381 e. The molecule has 1 atom stereocenters. The predicted octanol–water partition coefficient (Wildman–Crippen LogP) is 3.97. The Balaban J connectivity index is 1.78. The van der Waals surface area contributed by atoms with E-state index in [-0.39, 0.29) is 5.84 Å². The normalized spacial score (nSPS) is 20.1. The van der Waals surface area contributed by atoms with Crippen LogP contribution in [0.5, 0.6) is 0 Å². The molecular formula is C19H30N4O. The van der Waals surface area contributed by atoms with Crippen molar-refractivity contribution in [2.45, 2.75) is 76.6 Å². The summed E-state index contributed by atoms with van der Waals surface area (Å²) in [5, 5.41) is 27.9. The van der Waals surface area contributed by atoms with Crippen LogP contribution in [0.4, 0.5) is 11.4 Å². The first-order valence-corrected chi connectivity index (χ1v) is 9.28. The van der Waals surface area contributed by atoms with Crippen molar-refractivity contribution in [1.82, 2.24) is 5.32 Å². The Morgan fingerprint density at radius 1 is 1.00 bits per heavy atom. The predicted molar refractivity (Wildman–Crippen MR) is 99.7 cm³/mol. The molecule has 0 saturated heterocycles. The molecule has 5 N–H and O–H groups in total. The van der Waals surface area contributed by atoms with Crippen LogP contribution in [-0.2, 0) is 0 Å². The van der Waals surface area contributed by atoms with Crippen LogP contribution in [0.1, 0.15) is 70.1 Å². The van der Waals surface area contributed by atoms with Crippen molar-refractivity contribution in [2.24, 2.45) is 0 Å². The monoisotopic (exact) mass is 330 g/mol. The van der Waals surface area contributed by atoms with Crippen LogP contribution in [0.2, 0.25) is 0 Å². The molecule has 0 amide bonds. The average Bonchev–Trinajstić information content (AvgIpc) is 3.22. The number of hydrogen-bond acceptors (Lipinski definition) is 4. The molecule has 0 aliphatic heterocycles. The lowest BCUT2D eigenvalue weighted by atomic mass is 10.1. The zero-order chi connectivity index (χ0) is 16.9. The summed E-state index contributed by atoms with van der Waals surface area (Å²) in [7, 11) is 0. The van der Waals surface area contributed by atoms with Gasteiger partial charge >= 0.3 is 0 Å². The van der Waals surface area contributed by atoms with Gasteiger partial charge in [-0.1, -0.05) is 31.7 Å². The Hall–Kier alpha value is -1.75. The third-order valence-corrected chi connectivity index (χ3v) is 5.14. The second-order valence-corrected chi connectivity index (χ2v) is 7.23. The summed E-state index contributed by atoms with van der Waals surface area (Å²) < 4.78 is 0.